The van der Waals surface area contributed by atoms with Crippen molar-refractivity contribution in [2.75, 3.05) is 0 Å². The molecule has 0 fully saturated rings. The Morgan fingerprint density at radius 3 is 2.04 bits per heavy atom. The third-order valence-corrected chi connectivity index (χ3v) is 8.03. The molecule has 0 heterocycles. The number of benzene rings is 2. The van der Waals surface area contributed by atoms with Gasteiger partial charge in [-0.2, -0.15) is 0 Å². The van der Waals surface area contributed by atoms with Crippen molar-refractivity contribution in [2.24, 2.45) is 0 Å². The molecule has 0 amide bonds. The van der Waals surface area contributed by atoms with Crippen LogP contribution >= 0.6 is 0 Å². The van der Waals surface area contributed by atoms with Crippen molar-refractivity contribution in [3.05, 3.63) is 86.4 Å². The van der Waals surface area contributed by atoms with Crippen molar-refractivity contribution in [1.82, 2.24) is 0 Å². The first kappa shape index (κ1) is 25.7. The Bertz CT molecular complexity index is 727. The zero-order valence-electron chi connectivity index (χ0n) is 14.9. The standard InChI is InChI=1S/C21H23Si.3ClH.Ti/c1-2-9-18-15-21(22-20-12-7-4-8-13-20)16-19(18)14-17-10-5-3-6-11-17;;;;/h3-8,10-13H,2,9,14-15,22H2,1H3;3*1H;/q;;;;+3/p-3. The second-order valence-corrected chi connectivity index (χ2v) is 9.12. The Balaban J connectivity index is 0.00000208. The van der Waals surface area contributed by atoms with Crippen LogP contribution in [0.2, 0.25) is 0 Å². The number of allylic oxidation sites excluding steroid dienone is 4. The molecule has 0 nitrogen and oxygen atoms in total. The van der Waals surface area contributed by atoms with Crippen LogP contribution in [0.25, 0.3) is 0 Å². The molecule has 0 saturated heterocycles. The molecule has 0 atom stereocenters. The maximum atomic E-state index is 2.37. The zero-order chi connectivity index (χ0) is 16.1. The summed E-state index contributed by atoms with van der Waals surface area (Å²) < 4.78 is 1.60. The molecule has 0 bridgehead atoms. The van der Waals surface area contributed by atoms with Gasteiger partial charge in [0.15, 0.2) is 0 Å². The van der Waals surface area contributed by atoms with Crippen LogP contribution in [0.1, 0.15) is 31.7 Å². The molecule has 0 N–H and O–H groups in total. The van der Waals surface area contributed by atoms with Gasteiger partial charge in [0.2, 0.25) is 0 Å². The summed E-state index contributed by atoms with van der Waals surface area (Å²) in [5, 5.41) is 3.32. The van der Waals surface area contributed by atoms with Gasteiger partial charge in [-0.15, -0.1) is 0 Å². The molecule has 0 aliphatic heterocycles. The maximum absolute atomic E-state index is 2.37. The minimum Gasteiger partial charge on any atom is -1.00 e. The van der Waals surface area contributed by atoms with E-state index in [0.29, 0.717) is 0 Å². The average molecular weight is 458 g/mol. The van der Waals surface area contributed by atoms with Crippen molar-refractivity contribution in [1.29, 1.82) is 0 Å². The van der Waals surface area contributed by atoms with Crippen molar-refractivity contribution in [2.45, 2.75) is 32.6 Å². The van der Waals surface area contributed by atoms with Crippen LogP contribution in [0.4, 0.5) is 0 Å². The molecule has 26 heavy (non-hydrogen) atoms. The first-order valence-corrected chi connectivity index (χ1v) is 10.7. The number of halogens is 3. The van der Waals surface area contributed by atoms with Crippen LogP contribution in [0.3, 0.4) is 0 Å². The maximum Gasteiger partial charge on any atom is -1.00 e. The smallest absolute Gasteiger partial charge is 1.00 e. The summed E-state index contributed by atoms with van der Waals surface area (Å²) in [6.45, 7) is 2.30. The second-order valence-electron chi connectivity index (χ2n) is 6.31. The van der Waals surface area contributed by atoms with Crippen LogP contribution in [0.15, 0.2) is 80.9 Å². The molecule has 0 radical (unpaired) electrons. The van der Waals surface area contributed by atoms with Gasteiger partial charge in [0.1, 0.15) is 0 Å². The molecule has 3 rings (SSSR count). The largest absolute Gasteiger partial charge is 1.00 e. The minimum atomic E-state index is -0.314. The van der Waals surface area contributed by atoms with E-state index in [4.69, 9.17) is 0 Å². The predicted octanol–water partition coefficient (Wildman–Crippen LogP) is -5.01. The van der Waals surface area contributed by atoms with Gasteiger partial charge < -0.3 is 37.2 Å². The molecule has 136 valence electrons. The van der Waals surface area contributed by atoms with Crippen molar-refractivity contribution < 1.29 is 57.7 Å². The van der Waals surface area contributed by atoms with Crippen LogP contribution in [-0.4, -0.2) is 9.52 Å². The summed E-state index contributed by atoms with van der Waals surface area (Å²) in [4.78, 5) is 0. The average Bonchev–Trinajstić information content (AvgIpc) is 2.86. The molecule has 1 aliphatic rings. The van der Waals surface area contributed by atoms with Gasteiger partial charge in [-0.1, -0.05) is 0 Å². The van der Waals surface area contributed by atoms with E-state index in [2.05, 4.69) is 88.0 Å². The van der Waals surface area contributed by atoms with E-state index >= 15 is 0 Å². The van der Waals surface area contributed by atoms with E-state index in [9.17, 15) is 0 Å². The van der Waals surface area contributed by atoms with Crippen LogP contribution in [0, 0.1) is 0 Å². The number of hydrogen-bond donors (Lipinski definition) is 0. The topological polar surface area (TPSA) is 0 Å². The van der Waals surface area contributed by atoms with Crippen LogP contribution in [-0.2, 0) is 26.9 Å². The monoisotopic (exact) mass is 456 g/mol. The molecule has 0 unspecified atom stereocenters. The third-order valence-electron chi connectivity index (χ3n) is 4.54. The van der Waals surface area contributed by atoms with E-state index < -0.39 is 0 Å². The quantitative estimate of drug-likeness (QED) is 0.381. The van der Waals surface area contributed by atoms with Gasteiger partial charge in [0.05, 0.1) is 0 Å². The molecule has 2 aromatic carbocycles. The fraction of sp³-hybridized carbons (Fsp3) is 0.238. The van der Waals surface area contributed by atoms with Crippen LogP contribution < -0.4 is 42.4 Å². The zero-order valence-corrected chi connectivity index (χ0v) is 20.2. The van der Waals surface area contributed by atoms with Gasteiger partial charge >= 0.3 is 154 Å². The molecular formula is C21H23Cl3SiTi. The Morgan fingerprint density at radius 2 is 1.46 bits per heavy atom. The summed E-state index contributed by atoms with van der Waals surface area (Å²) in [5.41, 5.74) is 4.78. The summed E-state index contributed by atoms with van der Waals surface area (Å²) >= 11 is 2.37. The minimum absolute atomic E-state index is 0. The van der Waals surface area contributed by atoms with Gasteiger partial charge in [0, 0.05) is 0 Å². The van der Waals surface area contributed by atoms with Crippen LogP contribution in [0.5, 0.6) is 0 Å². The first-order chi connectivity index (χ1) is 11.3. The predicted molar refractivity (Wildman–Crippen MR) is 98.3 cm³/mol. The Labute approximate surface area is 190 Å². The Morgan fingerprint density at radius 1 is 0.885 bits per heavy atom. The van der Waals surface area contributed by atoms with Crippen molar-refractivity contribution >= 4 is 14.7 Å². The van der Waals surface area contributed by atoms with Gasteiger partial charge in [-0.05, 0) is 0 Å². The summed E-state index contributed by atoms with van der Waals surface area (Å²) in [7, 11) is -0.314. The van der Waals surface area contributed by atoms with Crippen molar-refractivity contribution in [3.63, 3.8) is 0 Å². The van der Waals surface area contributed by atoms with Gasteiger partial charge in [0.25, 0.3) is 0 Å². The van der Waals surface area contributed by atoms with E-state index in [1.807, 2.05) is 0 Å². The Hall–Kier alpha value is -0.279. The van der Waals surface area contributed by atoms with Crippen molar-refractivity contribution in [3.8, 4) is 0 Å². The van der Waals surface area contributed by atoms with E-state index in [0.717, 1.165) is 6.42 Å². The number of rotatable bonds is 6. The summed E-state index contributed by atoms with van der Waals surface area (Å²) in [5.74, 6) is 0. The molecule has 0 spiro atoms. The normalized spacial score (nSPS) is 13.5. The van der Waals surface area contributed by atoms with Gasteiger partial charge in [-0.3, -0.25) is 0 Å². The molecule has 0 saturated carbocycles. The second kappa shape index (κ2) is 13.0. The summed E-state index contributed by atoms with van der Waals surface area (Å²) in [6.07, 6.45) is 4.85. The molecule has 0 aromatic heterocycles. The number of hydrogen-bond acceptors (Lipinski definition) is 0. The fourth-order valence-corrected chi connectivity index (χ4v) is 6.17. The molecule has 5 heteroatoms. The molecule has 2 aromatic rings. The summed E-state index contributed by atoms with van der Waals surface area (Å²) in [6, 6.07) is 22.0. The molecular weight excluding hydrogens is 435 g/mol. The SMILES string of the molecule is CCCC1=C(Cc2ccccc2)[C]([Ti+3])=C([SiH2]c2ccccc2)C1.[Cl-].[Cl-].[Cl-]. The van der Waals surface area contributed by atoms with E-state index in [1.165, 1.54) is 24.8 Å². The van der Waals surface area contributed by atoms with E-state index in [1.54, 1.807) is 25.4 Å². The fourth-order valence-electron chi connectivity index (χ4n) is 3.39. The molecule has 1 aliphatic carbocycles. The van der Waals surface area contributed by atoms with E-state index in [-0.39, 0.29) is 46.7 Å². The van der Waals surface area contributed by atoms with Gasteiger partial charge in [-0.25, -0.2) is 0 Å². The third kappa shape index (κ3) is 6.71. The Kier molecular flexibility index (Phi) is 12.9. The first-order valence-electron chi connectivity index (χ1n) is 8.50.